The Labute approximate surface area is 120 Å². The molecule has 19 heavy (non-hydrogen) atoms. The van der Waals surface area contributed by atoms with Gasteiger partial charge < -0.3 is 10.8 Å². The number of halogens is 2. The second kappa shape index (κ2) is 6.17. The summed E-state index contributed by atoms with van der Waals surface area (Å²) in [6.45, 7) is 3.01. The lowest BCUT2D eigenvalue weighted by Gasteiger charge is -2.25. The number of nitrogens with two attached hydrogens (primary N) is 1. The van der Waals surface area contributed by atoms with E-state index in [1.54, 1.807) is 13.8 Å². The van der Waals surface area contributed by atoms with E-state index in [0.29, 0.717) is 0 Å². The van der Waals surface area contributed by atoms with Gasteiger partial charge in [0.25, 0.3) is 0 Å². The van der Waals surface area contributed by atoms with E-state index in [1.165, 1.54) is 0 Å². The van der Waals surface area contributed by atoms with Crippen molar-refractivity contribution in [2.75, 3.05) is 18.9 Å². The number of hydrogen-bond donors (Lipinski definition) is 2. The van der Waals surface area contributed by atoms with Crippen molar-refractivity contribution < 1.29 is 17.9 Å². The molecule has 0 heterocycles. The fourth-order valence-corrected chi connectivity index (χ4v) is 3.90. The Balaban J connectivity index is 3.37. The van der Waals surface area contributed by atoms with Gasteiger partial charge in [-0.15, -0.1) is 0 Å². The molecule has 0 aliphatic rings. The van der Waals surface area contributed by atoms with Crippen LogP contribution in [-0.2, 0) is 10.0 Å². The van der Waals surface area contributed by atoms with Crippen LogP contribution in [0.15, 0.2) is 21.5 Å². The molecule has 0 aromatic heterocycles. The molecule has 1 rings (SSSR count). The van der Waals surface area contributed by atoms with E-state index in [1.807, 2.05) is 0 Å². The maximum absolute atomic E-state index is 13.3. The smallest absolute Gasteiger partial charge is 0.245 e. The lowest BCUT2D eigenvalue weighted by Crippen LogP contribution is -2.39. The lowest BCUT2D eigenvalue weighted by molar-refractivity contribution is 0.236. The number of hydrogen-bond acceptors (Lipinski definition) is 4. The van der Waals surface area contributed by atoms with E-state index in [4.69, 9.17) is 10.8 Å². The van der Waals surface area contributed by atoms with Crippen LogP contribution in [0.2, 0.25) is 0 Å². The van der Waals surface area contributed by atoms with Gasteiger partial charge >= 0.3 is 0 Å². The summed E-state index contributed by atoms with van der Waals surface area (Å²) in [6, 6.07) is 1.74. The fraction of sp³-hybridized carbons (Fsp3) is 0.455. The van der Waals surface area contributed by atoms with Crippen LogP contribution < -0.4 is 5.73 Å². The van der Waals surface area contributed by atoms with E-state index in [-0.39, 0.29) is 34.2 Å². The number of nitrogens with zero attached hydrogens (tertiary/aromatic N) is 1. The molecule has 3 N–H and O–H groups in total. The number of aliphatic hydroxyl groups is 1. The normalized spacial score (nSPS) is 12.4. The molecule has 0 amide bonds. The zero-order chi connectivity index (χ0) is 14.8. The third kappa shape index (κ3) is 3.44. The van der Waals surface area contributed by atoms with Crippen molar-refractivity contribution in [2.45, 2.75) is 24.8 Å². The van der Waals surface area contributed by atoms with Gasteiger partial charge in [-0.05, 0) is 41.9 Å². The van der Waals surface area contributed by atoms with Crippen LogP contribution >= 0.6 is 15.9 Å². The molecule has 0 radical (unpaired) electrons. The van der Waals surface area contributed by atoms with Crippen molar-refractivity contribution in [3.05, 3.63) is 22.4 Å². The van der Waals surface area contributed by atoms with Crippen LogP contribution in [0, 0.1) is 5.82 Å². The van der Waals surface area contributed by atoms with E-state index in [0.717, 1.165) is 16.4 Å². The molecule has 8 heteroatoms. The van der Waals surface area contributed by atoms with Gasteiger partial charge in [0.2, 0.25) is 10.0 Å². The monoisotopic (exact) mass is 354 g/mol. The molecule has 1 aromatic rings. The number of rotatable bonds is 5. The predicted molar refractivity (Wildman–Crippen MR) is 74.6 cm³/mol. The lowest BCUT2D eigenvalue weighted by atomic mass is 10.3. The van der Waals surface area contributed by atoms with Gasteiger partial charge in [0.15, 0.2) is 0 Å². The van der Waals surface area contributed by atoms with Crippen LogP contribution in [0.25, 0.3) is 0 Å². The van der Waals surface area contributed by atoms with Crippen LogP contribution in [0.1, 0.15) is 13.8 Å². The Morgan fingerprint density at radius 1 is 1.47 bits per heavy atom. The summed E-state index contributed by atoms with van der Waals surface area (Å²) in [5.74, 6) is -0.630. The Bertz CT molecular complexity index is 563. The van der Waals surface area contributed by atoms with Gasteiger partial charge in [-0.2, -0.15) is 4.31 Å². The topological polar surface area (TPSA) is 83.6 Å². The summed E-state index contributed by atoms with van der Waals surface area (Å²) in [7, 11) is -3.88. The molecule has 5 nitrogen and oxygen atoms in total. The summed E-state index contributed by atoms with van der Waals surface area (Å²) in [4.78, 5) is -0.178. The number of nitrogen functional groups attached to an aromatic ring is 1. The highest BCUT2D eigenvalue weighted by molar-refractivity contribution is 9.10. The van der Waals surface area contributed by atoms with Crippen LogP contribution in [0.5, 0.6) is 0 Å². The molecule has 0 saturated heterocycles. The Kier molecular flexibility index (Phi) is 5.31. The van der Waals surface area contributed by atoms with Gasteiger partial charge in [0, 0.05) is 12.6 Å². The van der Waals surface area contributed by atoms with E-state index in [9.17, 15) is 12.8 Å². The first-order chi connectivity index (χ1) is 8.71. The SMILES string of the molecule is CC(C)N(CCO)S(=O)(=O)c1cc(Br)c(F)cc1N. The number of anilines is 1. The van der Waals surface area contributed by atoms with Crippen molar-refractivity contribution in [2.24, 2.45) is 0 Å². The van der Waals surface area contributed by atoms with Crippen LogP contribution in [-0.4, -0.2) is 37.0 Å². The minimum absolute atomic E-state index is 0.0213. The Hall–Kier alpha value is -0.700. The van der Waals surface area contributed by atoms with E-state index in [2.05, 4.69) is 15.9 Å². The van der Waals surface area contributed by atoms with Crippen molar-refractivity contribution in [1.29, 1.82) is 0 Å². The minimum Gasteiger partial charge on any atom is -0.398 e. The second-order valence-corrected chi connectivity index (χ2v) is 6.95. The third-order valence-corrected chi connectivity index (χ3v) is 5.27. The molecule has 0 aliphatic heterocycles. The van der Waals surface area contributed by atoms with Crippen molar-refractivity contribution >= 4 is 31.6 Å². The summed E-state index contributed by atoms with van der Waals surface area (Å²) in [5, 5.41) is 8.96. The summed E-state index contributed by atoms with van der Waals surface area (Å²) < 4.78 is 39.3. The standard InChI is InChI=1S/C11H16BrFN2O3S/c1-7(2)15(3-4-16)19(17,18)11-5-8(12)9(13)6-10(11)14/h5-7,16H,3-4,14H2,1-2H3. The quantitative estimate of drug-likeness (QED) is 0.786. The number of benzene rings is 1. The molecule has 0 unspecified atom stereocenters. The molecule has 0 fully saturated rings. The first kappa shape index (κ1) is 16.4. The molecule has 0 aliphatic carbocycles. The average molecular weight is 355 g/mol. The molecule has 0 saturated carbocycles. The fourth-order valence-electron chi connectivity index (χ4n) is 1.65. The highest BCUT2D eigenvalue weighted by Crippen LogP contribution is 2.29. The highest BCUT2D eigenvalue weighted by Gasteiger charge is 2.29. The number of aliphatic hydroxyl groups excluding tert-OH is 1. The first-order valence-electron chi connectivity index (χ1n) is 5.59. The van der Waals surface area contributed by atoms with Crippen molar-refractivity contribution in [3.63, 3.8) is 0 Å². The van der Waals surface area contributed by atoms with Crippen molar-refractivity contribution in [1.82, 2.24) is 4.31 Å². The van der Waals surface area contributed by atoms with Gasteiger partial charge in [0.1, 0.15) is 10.7 Å². The van der Waals surface area contributed by atoms with Crippen LogP contribution in [0.3, 0.4) is 0 Å². The van der Waals surface area contributed by atoms with Gasteiger partial charge in [-0.3, -0.25) is 0 Å². The maximum atomic E-state index is 13.3. The minimum atomic E-state index is -3.88. The molecule has 108 valence electrons. The Morgan fingerprint density at radius 2 is 2.05 bits per heavy atom. The van der Waals surface area contributed by atoms with Crippen LogP contribution in [0.4, 0.5) is 10.1 Å². The van der Waals surface area contributed by atoms with Gasteiger partial charge in [-0.25, -0.2) is 12.8 Å². The van der Waals surface area contributed by atoms with E-state index >= 15 is 0 Å². The zero-order valence-corrected chi connectivity index (χ0v) is 13.0. The summed E-state index contributed by atoms with van der Waals surface area (Å²) in [5.41, 5.74) is 5.42. The molecule has 0 spiro atoms. The van der Waals surface area contributed by atoms with Gasteiger partial charge in [-0.1, -0.05) is 0 Å². The zero-order valence-electron chi connectivity index (χ0n) is 10.6. The highest BCUT2D eigenvalue weighted by atomic mass is 79.9. The second-order valence-electron chi connectivity index (χ2n) is 4.24. The molecule has 0 bridgehead atoms. The maximum Gasteiger partial charge on any atom is 0.245 e. The molecular formula is C11H16BrFN2O3S. The van der Waals surface area contributed by atoms with Gasteiger partial charge in [0.05, 0.1) is 16.8 Å². The van der Waals surface area contributed by atoms with E-state index < -0.39 is 15.8 Å². The first-order valence-corrected chi connectivity index (χ1v) is 7.82. The molecule has 0 atom stereocenters. The summed E-state index contributed by atoms with van der Waals surface area (Å²) in [6.07, 6.45) is 0. The average Bonchev–Trinajstić information content (AvgIpc) is 2.29. The van der Waals surface area contributed by atoms with Crippen molar-refractivity contribution in [3.8, 4) is 0 Å². The predicted octanol–water partition coefficient (Wildman–Crippen LogP) is 1.56. The Morgan fingerprint density at radius 3 is 2.53 bits per heavy atom. The molecular weight excluding hydrogens is 339 g/mol. The number of sulfonamides is 1. The largest absolute Gasteiger partial charge is 0.398 e. The third-order valence-electron chi connectivity index (χ3n) is 2.54. The summed E-state index contributed by atoms with van der Waals surface area (Å²) >= 11 is 2.93. The molecule has 1 aromatic carbocycles.